The van der Waals surface area contributed by atoms with Gasteiger partial charge in [0, 0.05) is 12.1 Å². The second-order valence-corrected chi connectivity index (χ2v) is 8.78. The molecule has 0 radical (unpaired) electrons. The van der Waals surface area contributed by atoms with Crippen molar-refractivity contribution in [3.8, 4) is 5.75 Å². The van der Waals surface area contributed by atoms with E-state index in [4.69, 9.17) is 27.9 Å². The lowest BCUT2D eigenvalue weighted by molar-refractivity contribution is -0.122. The van der Waals surface area contributed by atoms with E-state index in [2.05, 4.69) is 5.32 Å². The second-order valence-electron chi connectivity index (χ2n) is 6.11. The molecule has 0 bridgehead atoms. The topological polar surface area (TPSA) is 75.7 Å². The molecule has 2 aromatic rings. The number of halogens is 2. The molecule has 6 nitrogen and oxygen atoms in total. The number of carbonyl (C=O) groups excluding carboxylic acids is 1. The quantitative estimate of drug-likeness (QED) is 0.670. The number of carbonyl (C=O) groups is 1. The number of nitrogens with zero attached hydrogens (tertiary/aromatic N) is 1. The van der Waals surface area contributed by atoms with E-state index < -0.39 is 22.0 Å². The van der Waals surface area contributed by atoms with E-state index in [9.17, 15) is 13.2 Å². The maximum Gasteiger partial charge on any atom is 0.244 e. The summed E-state index contributed by atoms with van der Waals surface area (Å²) in [7, 11) is -2.21. The summed E-state index contributed by atoms with van der Waals surface area (Å²) < 4.78 is 31.3. The van der Waals surface area contributed by atoms with E-state index in [-0.39, 0.29) is 23.7 Å². The van der Waals surface area contributed by atoms with Gasteiger partial charge in [0.25, 0.3) is 0 Å². The molecule has 0 fully saturated rings. The number of hydrogen-bond acceptors (Lipinski definition) is 4. The second kappa shape index (κ2) is 9.49. The van der Waals surface area contributed by atoms with Crippen molar-refractivity contribution in [2.75, 3.05) is 17.7 Å². The van der Waals surface area contributed by atoms with Gasteiger partial charge in [-0.2, -0.15) is 0 Å². The molecule has 1 N–H and O–H groups in total. The van der Waals surface area contributed by atoms with E-state index in [0.29, 0.717) is 10.8 Å². The van der Waals surface area contributed by atoms with Crippen LogP contribution in [0.15, 0.2) is 42.5 Å². The predicted molar refractivity (Wildman–Crippen MR) is 113 cm³/mol. The molecule has 0 unspecified atom stereocenters. The smallest absolute Gasteiger partial charge is 0.244 e. The van der Waals surface area contributed by atoms with E-state index in [0.717, 1.165) is 16.1 Å². The molecule has 28 heavy (non-hydrogen) atoms. The number of methoxy groups -OCH3 is 1. The summed E-state index contributed by atoms with van der Waals surface area (Å²) in [5, 5.41) is 3.29. The minimum absolute atomic E-state index is 0.206. The van der Waals surface area contributed by atoms with Crippen LogP contribution < -0.4 is 14.4 Å². The van der Waals surface area contributed by atoms with Gasteiger partial charge in [-0.05, 0) is 30.7 Å². The van der Waals surface area contributed by atoms with Gasteiger partial charge >= 0.3 is 0 Å². The van der Waals surface area contributed by atoms with Gasteiger partial charge in [-0.25, -0.2) is 8.42 Å². The Morgan fingerprint density at radius 3 is 2.43 bits per heavy atom. The van der Waals surface area contributed by atoms with Crippen molar-refractivity contribution in [3.05, 3.63) is 58.1 Å². The zero-order valence-corrected chi connectivity index (χ0v) is 18.1. The molecule has 152 valence electrons. The Labute approximate surface area is 175 Å². The molecule has 0 saturated heterocycles. The maximum atomic E-state index is 12.8. The van der Waals surface area contributed by atoms with Gasteiger partial charge in [0.2, 0.25) is 15.9 Å². The summed E-state index contributed by atoms with van der Waals surface area (Å²) in [5.74, 6) is 0.213. The first-order valence-corrected chi connectivity index (χ1v) is 11.1. The molecule has 0 aliphatic carbocycles. The monoisotopic (exact) mass is 444 g/mol. The third kappa shape index (κ3) is 5.31. The molecule has 2 rings (SSSR count). The number of rotatable bonds is 8. The average molecular weight is 445 g/mol. The summed E-state index contributed by atoms with van der Waals surface area (Å²) >= 11 is 12.0. The van der Waals surface area contributed by atoms with Crippen LogP contribution in [0.2, 0.25) is 10.0 Å². The maximum absolute atomic E-state index is 12.8. The molecule has 0 aliphatic rings. The summed E-state index contributed by atoms with van der Waals surface area (Å²) in [6, 6.07) is 10.8. The lowest BCUT2D eigenvalue weighted by Crippen LogP contribution is -2.49. The molecule has 0 aromatic heterocycles. The Hall–Kier alpha value is -1.96. The fourth-order valence-corrected chi connectivity index (χ4v) is 4.33. The van der Waals surface area contributed by atoms with Gasteiger partial charge < -0.3 is 10.1 Å². The highest BCUT2D eigenvalue weighted by molar-refractivity contribution is 7.92. The van der Waals surface area contributed by atoms with Crippen LogP contribution in [-0.2, 0) is 21.4 Å². The normalized spacial score (nSPS) is 12.3. The highest BCUT2D eigenvalue weighted by atomic mass is 35.5. The van der Waals surface area contributed by atoms with Crippen LogP contribution in [-0.4, -0.2) is 33.7 Å². The molecule has 1 atom stereocenters. The van der Waals surface area contributed by atoms with Crippen LogP contribution in [0.5, 0.6) is 5.75 Å². The Kier molecular flexibility index (Phi) is 7.57. The van der Waals surface area contributed by atoms with E-state index in [1.54, 1.807) is 20.1 Å². The largest absolute Gasteiger partial charge is 0.496 e. The van der Waals surface area contributed by atoms with E-state index in [1.165, 1.54) is 18.2 Å². The van der Waals surface area contributed by atoms with Crippen molar-refractivity contribution in [3.63, 3.8) is 0 Å². The zero-order valence-electron chi connectivity index (χ0n) is 15.8. The SMILES string of the molecule is CC[C@H](C(=O)NCc1ccccc1OC)N(c1ccc(Cl)c(Cl)c1)S(C)(=O)=O. The average Bonchev–Trinajstić information content (AvgIpc) is 2.65. The minimum Gasteiger partial charge on any atom is -0.496 e. The molecular weight excluding hydrogens is 423 g/mol. The Bertz CT molecular complexity index is 951. The van der Waals surface area contributed by atoms with Crippen molar-refractivity contribution in [2.24, 2.45) is 0 Å². The number of amides is 1. The van der Waals surface area contributed by atoms with Crippen molar-refractivity contribution in [2.45, 2.75) is 25.9 Å². The molecule has 9 heteroatoms. The van der Waals surface area contributed by atoms with Crippen LogP contribution in [0.4, 0.5) is 5.69 Å². The third-order valence-corrected chi connectivity index (χ3v) is 6.05. The highest BCUT2D eigenvalue weighted by Gasteiger charge is 2.31. The first-order valence-electron chi connectivity index (χ1n) is 8.53. The zero-order chi connectivity index (χ0) is 20.9. The summed E-state index contributed by atoms with van der Waals surface area (Å²) in [6.45, 7) is 1.95. The van der Waals surface area contributed by atoms with Crippen LogP contribution >= 0.6 is 23.2 Å². The standard InChI is InChI=1S/C19H22Cl2N2O4S/c1-4-17(19(24)22-12-13-7-5-6-8-18(13)27-2)23(28(3,25)26)14-9-10-15(20)16(21)11-14/h5-11,17H,4,12H2,1-3H3,(H,22,24)/t17-/m1/s1. The molecule has 0 heterocycles. The van der Waals surface area contributed by atoms with Crippen LogP contribution in [0.3, 0.4) is 0 Å². The Morgan fingerprint density at radius 1 is 1.18 bits per heavy atom. The molecule has 0 aliphatic heterocycles. The number of ether oxygens (including phenoxy) is 1. The van der Waals surface area contributed by atoms with Gasteiger partial charge in [-0.1, -0.05) is 48.3 Å². The van der Waals surface area contributed by atoms with Crippen LogP contribution in [0.1, 0.15) is 18.9 Å². The third-order valence-electron chi connectivity index (χ3n) is 4.13. The number of sulfonamides is 1. The molecule has 2 aromatic carbocycles. The first-order chi connectivity index (χ1) is 13.2. The van der Waals surface area contributed by atoms with Gasteiger partial charge in [0.05, 0.1) is 29.1 Å². The number of nitrogens with one attached hydrogen (secondary N) is 1. The lowest BCUT2D eigenvalue weighted by Gasteiger charge is -2.30. The van der Waals surface area contributed by atoms with Gasteiger partial charge in [0.15, 0.2) is 0 Å². The molecule has 1 amide bonds. The number of benzene rings is 2. The van der Waals surface area contributed by atoms with Gasteiger partial charge in [0.1, 0.15) is 11.8 Å². The fraction of sp³-hybridized carbons (Fsp3) is 0.316. The van der Waals surface area contributed by atoms with Crippen LogP contribution in [0.25, 0.3) is 0 Å². The number of anilines is 1. The fourth-order valence-electron chi connectivity index (χ4n) is 2.83. The molecule has 0 saturated carbocycles. The van der Waals surface area contributed by atoms with Gasteiger partial charge in [-0.3, -0.25) is 9.10 Å². The van der Waals surface area contributed by atoms with Crippen molar-refractivity contribution < 1.29 is 17.9 Å². The Morgan fingerprint density at radius 2 is 1.86 bits per heavy atom. The first kappa shape index (κ1) is 22.3. The minimum atomic E-state index is -3.75. The number of para-hydroxylation sites is 1. The van der Waals surface area contributed by atoms with Crippen molar-refractivity contribution >= 4 is 44.8 Å². The van der Waals surface area contributed by atoms with E-state index >= 15 is 0 Å². The predicted octanol–water partition coefficient (Wildman–Crippen LogP) is 3.86. The van der Waals surface area contributed by atoms with Crippen molar-refractivity contribution in [1.82, 2.24) is 5.32 Å². The summed E-state index contributed by atoms with van der Waals surface area (Å²) in [5.41, 5.74) is 1.06. The Balaban J connectivity index is 2.30. The van der Waals surface area contributed by atoms with Gasteiger partial charge in [-0.15, -0.1) is 0 Å². The van der Waals surface area contributed by atoms with Crippen LogP contribution in [0, 0.1) is 0 Å². The number of hydrogen-bond donors (Lipinski definition) is 1. The summed E-state index contributed by atoms with van der Waals surface area (Å²) in [4.78, 5) is 12.8. The lowest BCUT2D eigenvalue weighted by atomic mass is 10.1. The van der Waals surface area contributed by atoms with Crippen molar-refractivity contribution in [1.29, 1.82) is 0 Å². The molecule has 0 spiro atoms. The summed E-state index contributed by atoms with van der Waals surface area (Å²) in [6.07, 6.45) is 1.32. The highest BCUT2D eigenvalue weighted by Crippen LogP contribution is 2.30. The van der Waals surface area contributed by atoms with E-state index in [1.807, 2.05) is 18.2 Å². The molecular formula is C19H22Cl2N2O4S.